The summed E-state index contributed by atoms with van der Waals surface area (Å²) in [6, 6.07) is 6.08. The molecular formula is C49H55BIN20O8PS4. The number of anilines is 2. The summed E-state index contributed by atoms with van der Waals surface area (Å²) in [6.07, 6.45) is 7.41. The average Bonchev–Trinajstić information content (AvgIpc) is 1.45. The summed E-state index contributed by atoms with van der Waals surface area (Å²) in [5.74, 6) is -2.15. The zero-order valence-electron chi connectivity index (χ0n) is 45.7. The first-order valence-electron chi connectivity index (χ1n) is 26.0. The molecule has 6 aliphatic heterocycles. The first-order chi connectivity index (χ1) is 40.0. The fourth-order valence-electron chi connectivity index (χ4n) is 10.6. The minimum absolute atomic E-state index is 0. The van der Waals surface area contributed by atoms with E-state index in [4.69, 9.17) is 22.8 Å². The van der Waals surface area contributed by atoms with E-state index < -0.39 is 66.4 Å². The quantitative estimate of drug-likeness (QED) is 0.0134. The fraction of sp³-hybridized carbons (Fsp3) is 0.429. The Hall–Kier alpha value is -6.56. The number of β-lactam (4-membered cyclic amide) rings is 2. The van der Waals surface area contributed by atoms with Crippen LogP contribution in [0.5, 0.6) is 0 Å². The average molecular weight is 1350 g/mol. The van der Waals surface area contributed by atoms with Crippen molar-refractivity contribution in [2.24, 2.45) is 21.8 Å². The van der Waals surface area contributed by atoms with Crippen LogP contribution in [0.1, 0.15) is 11.6 Å². The van der Waals surface area contributed by atoms with Gasteiger partial charge < -0.3 is 79.4 Å². The van der Waals surface area contributed by atoms with Crippen LogP contribution in [-0.2, 0) is 59.5 Å². The number of halogens is 1. The lowest BCUT2D eigenvalue weighted by Crippen LogP contribution is -3.00. The normalized spacial score (nSPS) is 21.2. The number of carboxylic acid groups (broad SMARTS) is 1. The number of carboxylic acids is 1. The monoisotopic (exact) mass is 1350 g/mol. The van der Waals surface area contributed by atoms with Crippen molar-refractivity contribution in [1.82, 2.24) is 68.5 Å². The second-order valence-electron chi connectivity index (χ2n) is 20.2. The number of nitrogens with one attached hydrogen (secondary N) is 4. The van der Waals surface area contributed by atoms with Gasteiger partial charge in [0.1, 0.15) is 52.7 Å². The largest absolute Gasteiger partial charge is 1.00 e. The van der Waals surface area contributed by atoms with Gasteiger partial charge in [0.15, 0.2) is 35.8 Å². The van der Waals surface area contributed by atoms with E-state index in [-0.39, 0.29) is 70.1 Å². The van der Waals surface area contributed by atoms with Gasteiger partial charge in [0, 0.05) is 126 Å². The molecule has 28 nitrogen and oxygen atoms in total. The van der Waals surface area contributed by atoms with Crippen molar-refractivity contribution in [3.63, 3.8) is 0 Å². The van der Waals surface area contributed by atoms with Gasteiger partial charge in [-0.2, -0.15) is 18.7 Å². The zero-order chi connectivity index (χ0) is 58.4. The van der Waals surface area contributed by atoms with Crippen LogP contribution < -0.4 is 65.2 Å². The Labute approximate surface area is 516 Å². The first kappa shape index (κ1) is 60.6. The molecule has 0 spiro atoms. The molecule has 4 saturated heterocycles. The molecule has 0 aliphatic carbocycles. The van der Waals surface area contributed by atoms with Crippen molar-refractivity contribution >= 4 is 142 Å². The summed E-state index contributed by atoms with van der Waals surface area (Å²) >= 11 is 4.85. The molecule has 35 heteroatoms. The van der Waals surface area contributed by atoms with Gasteiger partial charge in [-0.3, -0.25) is 39.0 Å². The van der Waals surface area contributed by atoms with E-state index in [9.17, 15) is 33.9 Å². The number of fused-ring (bicyclic) bond motifs is 4. The number of rotatable bonds is 18. The van der Waals surface area contributed by atoms with Crippen LogP contribution in [0.2, 0.25) is 0 Å². The predicted octanol–water partition coefficient (Wildman–Crippen LogP) is -5.29. The summed E-state index contributed by atoms with van der Waals surface area (Å²) in [6.45, 7) is 7.96. The van der Waals surface area contributed by atoms with Gasteiger partial charge in [-0.25, -0.2) is 13.9 Å². The topological polar surface area (TPSA) is 338 Å². The highest BCUT2D eigenvalue weighted by Crippen LogP contribution is 2.43. The van der Waals surface area contributed by atoms with Crippen molar-refractivity contribution in [1.29, 1.82) is 0 Å². The van der Waals surface area contributed by atoms with Gasteiger partial charge in [-0.05, 0) is 47.9 Å². The molecule has 4 fully saturated rings. The van der Waals surface area contributed by atoms with Gasteiger partial charge in [0.25, 0.3) is 23.6 Å². The van der Waals surface area contributed by atoms with Gasteiger partial charge in [0.2, 0.25) is 17.8 Å². The Morgan fingerprint density at radius 2 is 1.33 bits per heavy atom. The molecule has 12 heterocycles. The van der Waals surface area contributed by atoms with E-state index in [1.165, 1.54) is 47.4 Å². The van der Waals surface area contributed by atoms with Crippen LogP contribution in [0.3, 0.4) is 0 Å². The number of hydrogen-bond acceptors (Lipinski definition) is 24. The number of aromatic nitrogens is 10. The second kappa shape index (κ2) is 25.6. The summed E-state index contributed by atoms with van der Waals surface area (Å²) in [4.78, 5) is 109. The highest BCUT2D eigenvalue weighted by molar-refractivity contribution is 8.00. The SMILES string of the molecule is CN=C(C(=O)NC1C(=O)N2C(C(=O)[O-])=C(C[n+]3cccc4c3ncn4CC3CNC3)CSC12)c1nsc(N)n1.[B]P(C)OC(=O)C1=C(C[n+]2cccc3c2ncn3CC2CN(C)C2)CSC2C(NC(=O)C(=NC)c3nsc(NC)n3)C(=O)N12.[I-]. The summed E-state index contributed by atoms with van der Waals surface area (Å²) in [5.41, 5.74) is 10.3. The molecule has 6 aromatic heterocycles. The number of carbonyl (C=O) groups is 6. The molecule has 6 N–H and O–H groups in total. The molecule has 0 aromatic carbocycles. The number of hydrogen-bond donors (Lipinski definition) is 5. The first-order valence-corrected chi connectivity index (χ1v) is 31.4. The molecule has 6 aliphatic rings. The minimum Gasteiger partial charge on any atom is -1.00 e. The second-order valence-corrected chi connectivity index (χ2v) is 25.2. The lowest BCUT2D eigenvalue weighted by atomic mass is 10.0. The predicted molar refractivity (Wildman–Crippen MR) is 310 cm³/mol. The van der Waals surface area contributed by atoms with Crippen molar-refractivity contribution in [3.8, 4) is 0 Å². The number of thioether (sulfide) groups is 2. The van der Waals surface area contributed by atoms with E-state index in [0.717, 1.165) is 84.7 Å². The Morgan fingerprint density at radius 3 is 1.79 bits per heavy atom. The molecule has 4 amide bonds. The number of nitrogen functional groups attached to an aromatic ring is 1. The number of carbonyl (C=O) groups excluding carboxylic acids is 6. The molecule has 5 atom stereocenters. The maximum atomic E-state index is 13.5. The van der Waals surface area contributed by atoms with E-state index in [0.29, 0.717) is 46.2 Å². The Morgan fingerprint density at radius 1 is 0.821 bits per heavy atom. The minimum atomic E-state index is -1.52. The van der Waals surface area contributed by atoms with Gasteiger partial charge in [0.05, 0.1) is 24.1 Å². The number of pyridine rings is 2. The number of nitrogens with two attached hydrogens (primary N) is 1. The van der Waals surface area contributed by atoms with Crippen LogP contribution >= 0.6 is 54.6 Å². The number of aliphatic imine (C=N–C) groups is 2. The zero-order valence-corrected chi connectivity index (χ0v) is 52.1. The molecular weight excluding hydrogens is 1290 g/mol. The lowest BCUT2D eigenvalue weighted by molar-refractivity contribution is -0.665. The standard InChI is InChI=1S/C26H30BN10O4PS2.C23H24N10O4S2.HI/c1-28-17(20-32-26(29-2)44-33-20)22(38)31-18-23(39)37-19(25(40)41-42(4)27)15(12-43-24(18)37)11-35-7-5-6-16-21(35)30-13-36(16)10-14-8-34(3)9-14;1-25-14(17-29-23(24)39-30-17)19(34)28-15-20(35)33-16(22(36)37)12(9-38-21(15)33)8-31-4-2-3-13-18(31)27-10-32(13)7-11-5-26-6-11;/h5-7,13-14,18,24H,8-12H2,1-4H3,(H-,29,31,32,33,38);2-4,10-11,15,21,26H,5-9H2,1H3,(H3-,24,28,29,30,34,36,37);1H. The van der Waals surface area contributed by atoms with Crippen LogP contribution in [-0.4, -0.2) is 202 Å². The highest BCUT2D eigenvalue weighted by Gasteiger charge is 2.56. The van der Waals surface area contributed by atoms with Crippen molar-refractivity contribution in [2.75, 3.05) is 83.6 Å². The van der Waals surface area contributed by atoms with E-state index in [1.807, 2.05) is 52.1 Å². The summed E-state index contributed by atoms with van der Waals surface area (Å²) < 4.78 is 21.7. The highest BCUT2D eigenvalue weighted by atomic mass is 127. The number of imidazole rings is 2. The molecule has 5 unspecified atom stereocenters. The third-order valence-electron chi connectivity index (χ3n) is 14.6. The van der Waals surface area contributed by atoms with Crippen LogP contribution in [0.25, 0.3) is 22.3 Å². The number of nitrogens with zero attached hydrogens (tertiary/aromatic N) is 15. The van der Waals surface area contributed by atoms with E-state index in [2.05, 4.69) is 76.0 Å². The Balaban J connectivity index is 0.000000186. The molecule has 438 valence electrons. The van der Waals surface area contributed by atoms with E-state index >= 15 is 0 Å². The van der Waals surface area contributed by atoms with Gasteiger partial charge >= 0.3 is 17.3 Å². The molecule has 0 bridgehead atoms. The van der Waals surface area contributed by atoms with Crippen LogP contribution in [0.15, 0.2) is 81.8 Å². The molecule has 12 rings (SSSR count). The van der Waals surface area contributed by atoms with Gasteiger partial charge in [-0.15, -0.1) is 23.5 Å². The number of amides is 4. The van der Waals surface area contributed by atoms with Crippen molar-refractivity contribution in [3.05, 3.63) is 83.5 Å². The fourth-order valence-corrected chi connectivity index (χ4v) is 14.6. The van der Waals surface area contributed by atoms with Crippen molar-refractivity contribution < 1.29 is 71.5 Å². The van der Waals surface area contributed by atoms with E-state index in [1.54, 1.807) is 20.0 Å². The Bertz CT molecular complexity index is 3730. The number of likely N-dealkylation sites (tertiary alicyclic amines) is 1. The third kappa shape index (κ3) is 11.9. The molecule has 0 saturated carbocycles. The summed E-state index contributed by atoms with van der Waals surface area (Å²) in [7, 11) is 11.0. The molecule has 6 aromatic rings. The maximum absolute atomic E-state index is 13.5. The molecule has 2 radical (unpaired) electrons. The summed E-state index contributed by atoms with van der Waals surface area (Å²) in [5, 5.41) is 23.4. The van der Waals surface area contributed by atoms with Gasteiger partial charge in [-0.1, -0.05) is 0 Å². The van der Waals surface area contributed by atoms with Crippen molar-refractivity contribution in [2.45, 2.75) is 49.0 Å². The van der Waals surface area contributed by atoms with Crippen LogP contribution in [0, 0.1) is 11.8 Å². The Kier molecular flexibility index (Phi) is 18.4. The maximum Gasteiger partial charge on any atom is 0.357 e. The smallest absolute Gasteiger partial charge is 0.357 e. The third-order valence-corrected chi connectivity index (χ3v) is 19.0. The lowest BCUT2D eigenvalue weighted by Gasteiger charge is -2.50. The number of aliphatic carboxylic acids is 1. The molecule has 84 heavy (non-hydrogen) atoms. The van der Waals surface area contributed by atoms with Crippen LogP contribution in [0.4, 0.5) is 10.3 Å².